The molecule has 2 heteroatoms. The number of rotatable bonds is 3. The summed E-state index contributed by atoms with van der Waals surface area (Å²) in [4.78, 5) is 3.93. The molecule has 0 bridgehead atoms. The minimum absolute atomic E-state index is 0.276. The minimum atomic E-state index is 0.276. The van der Waals surface area contributed by atoms with Crippen molar-refractivity contribution < 1.29 is 5.11 Å². The van der Waals surface area contributed by atoms with E-state index in [4.69, 9.17) is 5.11 Å². The van der Waals surface area contributed by atoms with Crippen LogP contribution in [-0.2, 0) is 0 Å². The molecule has 1 rings (SSSR count). The summed E-state index contributed by atoms with van der Waals surface area (Å²) < 4.78 is 0. The van der Waals surface area contributed by atoms with Crippen molar-refractivity contribution in [2.45, 2.75) is 6.92 Å². The quantitative estimate of drug-likeness (QED) is 0.582. The number of aromatic nitrogens is 1. The SMILES string of the molecule is C=C/C(=C\C=C(/C)O)c1ccncc1. The van der Waals surface area contributed by atoms with Crippen LogP contribution in [0.25, 0.3) is 5.57 Å². The predicted molar refractivity (Wildman–Crippen MR) is 58.8 cm³/mol. The Morgan fingerprint density at radius 1 is 1.36 bits per heavy atom. The fourth-order valence-corrected chi connectivity index (χ4v) is 1.04. The highest BCUT2D eigenvalue weighted by atomic mass is 16.3. The molecule has 0 amide bonds. The van der Waals surface area contributed by atoms with Crippen molar-refractivity contribution in [1.82, 2.24) is 4.98 Å². The van der Waals surface area contributed by atoms with Crippen molar-refractivity contribution in [3.05, 3.63) is 60.7 Å². The average molecular weight is 187 g/mol. The van der Waals surface area contributed by atoms with Gasteiger partial charge in [-0.05, 0) is 36.3 Å². The molecule has 0 aliphatic heterocycles. The van der Waals surface area contributed by atoms with Crippen molar-refractivity contribution in [2.75, 3.05) is 0 Å². The summed E-state index contributed by atoms with van der Waals surface area (Å²) in [6.07, 6.45) is 8.65. The Morgan fingerprint density at radius 2 is 2.00 bits per heavy atom. The first-order valence-electron chi connectivity index (χ1n) is 4.34. The first kappa shape index (κ1) is 10.3. The van der Waals surface area contributed by atoms with Crippen molar-refractivity contribution in [3.63, 3.8) is 0 Å². The molecule has 0 atom stereocenters. The van der Waals surface area contributed by atoms with Crippen molar-refractivity contribution in [2.24, 2.45) is 0 Å². The number of hydrogen-bond donors (Lipinski definition) is 1. The van der Waals surface area contributed by atoms with Gasteiger partial charge in [-0.1, -0.05) is 18.7 Å². The highest BCUT2D eigenvalue weighted by molar-refractivity contribution is 5.74. The van der Waals surface area contributed by atoms with E-state index in [-0.39, 0.29) is 5.76 Å². The molecule has 0 aliphatic carbocycles. The summed E-state index contributed by atoms with van der Waals surface area (Å²) in [6.45, 7) is 5.34. The maximum atomic E-state index is 9.01. The van der Waals surface area contributed by atoms with Crippen LogP contribution in [0.15, 0.2) is 55.1 Å². The van der Waals surface area contributed by atoms with E-state index in [1.165, 1.54) is 0 Å². The smallest absolute Gasteiger partial charge is 0.0891 e. The average Bonchev–Trinajstić information content (AvgIpc) is 2.20. The van der Waals surface area contributed by atoms with E-state index >= 15 is 0 Å². The Balaban J connectivity index is 2.99. The summed E-state index contributed by atoms with van der Waals surface area (Å²) in [5, 5.41) is 9.01. The molecule has 1 N–H and O–H groups in total. The predicted octanol–water partition coefficient (Wildman–Crippen LogP) is 3.11. The minimum Gasteiger partial charge on any atom is -0.513 e. The van der Waals surface area contributed by atoms with Gasteiger partial charge >= 0.3 is 0 Å². The standard InChI is InChI=1S/C12H13NO/c1-3-11(5-4-10(2)14)12-6-8-13-9-7-12/h3-9,14H,1H2,2H3/b10-4+,11-5+. The van der Waals surface area contributed by atoms with Gasteiger partial charge in [-0.3, -0.25) is 4.98 Å². The number of allylic oxidation sites excluding steroid dienone is 5. The van der Waals surface area contributed by atoms with E-state index in [2.05, 4.69) is 11.6 Å². The van der Waals surface area contributed by atoms with Gasteiger partial charge in [0.15, 0.2) is 0 Å². The molecule has 14 heavy (non-hydrogen) atoms. The van der Waals surface area contributed by atoms with Gasteiger partial charge in [-0.25, -0.2) is 0 Å². The number of hydrogen-bond acceptors (Lipinski definition) is 2. The summed E-state index contributed by atoms with van der Waals surface area (Å²) >= 11 is 0. The number of aliphatic hydroxyl groups is 1. The second kappa shape index (κ2) is 5.02. The molecule has 2 nitrogen and oxygen atoms in total. The topological polar surface area (TPSA) is 33.1 Å². The lowest BCUT2D eigenvalue weighted by atomic mass is 10.1. The van der Waals surface area contributed by atoms with Crippen LogP contribution in [0.3, 0.4) is 0 Å². The molecule has 0 aliphatic rings. The van der Waals surface area contributed by atoms with Crippen LogP contribution in [0.2, 0.25) is 0 Å². The van der Waals surface area contributed by atoms with Gasteiger partial charge in [0.25, 0.3) is 0 Å². The van der Waals surface area contributed by atoms with Gasteiger partial charge in [0.1, 0.15) is 0 Å². The van der Waals surface area contributed by atoms with Crippen LogP contribution in [0, 0.1) is 0 Å². The maximum Gasteiger partial charge on any atom is 0.0891 e. The highest BCUT2D eigenvalue weighted by Gasteiger charge is 1.94. The van der Waals surface area contributed by atoms with Crippen molar-refractivity contribution in [3.8, 4) is 0 Å². The van der Waals surface area contributed by atoms with Crippen LogP contribution in [0.4, 0.5) is 0 Å². The van der Waals surface area contributed by atoms with E-state index in [9.17, 15) is 0 Å². The molecule has 1 aromatic heterocycles. The van der Waals surface area contributed by atoms with Crippen LogP contribution >= 0.6 is 0 Å². The summed E-state index contributed by atoms with van der Waals surface area (Å²) in [6, 6.07) is 3.79. The largest absolute Gasteiger partial charge is 0.513 e. The van der Waals surface area contributed by atoms with Crippen LogP contribution in [0.1, 0.15) is 12.5 Å². The number of pyridine rings is 1. The first-order valence-corrected chi connectivity index (χ1v) is 4.34. The Hall–Kier alpha value is -1.83. The third-order valence-corrected chi connectivity index (χ3v) is 1.74. The zero-order valence-electron chi connectivity index (χ0n) is 8.14. The molecule has 1 aromatic rings. The third kappa shape index (κ3) is 2.90. The summed E-state index contributed by atoms with van der Waals surface area (Å²) in [5.41, 5.74) is 1.99. The second-order valence-electron chi connectivity index (χ2n) is 2.87. The molecule has 0 saturated carbocycles. The monoisotopic (exact) mass is 187 g/mol. The van der Waals surface area contributed by atoms with Gasteiger partial charge in [0, 0.05) is 12.4 Å². The number of nitrogens with zero attached hydrogens (tertiary/aromatic N) is 1. The lowest BCUT2D eigenvalue weighted by Crippen LogP contribution is -1.80. The lowest BCUT2D eigenvalue weighted by Gasteiger charge is -1.99. The molecular weight excluding hydrogens is 174 g/mol. The zero-order chi connectivity index (χ0) is 10.4. The van der Waals surface area contributed by atoms with E-state index < -0.39 is 0 Å². The molecule has 0 unspecified atom stereocenters. The van der Waals surface area contributed by atoms with Crippen molar-refractivity contribution in [1.29, 1.82) is 0 Å². The van der Waals surface area contributed by atoms with E-state index in [1.54, 1.807) is 31.5 Å². The van der Waals surface area contributed by atoms with Gasteiger partial charge in [-0.15, -0.1) is 0 Å². The molecule has 0 spiro atoms. The Labute approximate surface area is 83.9 Å². The highest BCUT2D eigenvalue weighted by Crippen LogP contribution is 2.14. The molecule has 1 heterocycles. The third-order valence-electron chi connectivity index (χ3n) is 1.74. The van der Waals surface area contributed by atoms with Crippen LogP contribution in [0.5, 0.6) is 0 Å². The second-order valence-corrected chi connectivity index (χ2v) is 2.87. The molecular formula is C12H13NO. The van der Waals surface area contributed by atoms with Gasteiger partial charge < -0.3 is 5.11 Å². The Bertz CT molecular complexity index is 359. The molecule has 0 fully saturated rings. The van der Waals surface area contributed by atoms with E-state index in [1.807, 2.05) is 18.2 Å². The van der Waals surface area contributed by atoms with Crippen molar-refractivity contribution >= 4 is 5.57 Å². The normalized spacial score (nSPS) is 12.6. The van der Waals surface area contributed by atoms with E-state index in [0.29, 0.717) is 0 Å². The maximum absolute atomic E-state index is 9.01. The Morgan fingerprint density at radius 3 is 2.50 bits per heavy atom. The number of aliphatic hydroxyl groups excluding tert-OH is 1. The van der Waals surface area contributed by atoms with Gasteiger partial charge in [-0.2, -0.15) is 0 Å². The first-order chi connectivity index (χ1) is 6.74. The molecule has 0 saturated heterocycles. The fraction of sp³-hybridized carbons (Fsp3) is 0.0833. The molecule has 72 valence electrons. The summed E-state index contributed by atoms with van der Waals surface area (Å²) in [5.74, 6) is 0.276. The molecule has 0 radical (unpaired) electrons. The Kier molecular flexibility index (Phi) is 3.68. The van der Waals surface area contributed by atoms with E-state index in [0.717, 1.165) is 11.1 Å². The van der Waals surface area contributed by atoms with Gasteiger partial charge in [0.2, 0.25) is 0 Å². The summed E-state index contributed by atoms with van der Waals surface area (Å²) in [7, 11) is 0. The lowest BCUT2D eigenvalue weighted by molar-refractivity contribution is 0.414. The van der Waals surface area contributed by atoms with Crippen LogP contribution in [-0.4, -0.2) is 10.1 Å². The zero-order valence-corrected chi connectivity index (χ0v) is 8.14. The fourth-order valence-electron chi connectivity index (χ4n) is 1.04. The molecule has 0 aromatic carbocycles. The van der Waals surface area contributed by atoms with Crippen LogP contribution < -0.4 is 0 Å². The van der Waals surface area contributed by atoms with Gasteiger partial charge in [0.05, 0.1) is 5.76 Å².